The monoisotopic (exact) mass is 363 g/mol. The molecule has 7 heteroatoms. The third kappa shape index (κ3) is 6.74. The number of carboxylic acids is 2. The van der Waals surface area contributed by atoms with Crippen LogP contribution in [0.3, 0.4) is 0 Å². The Morgan fingerprint density at radius 1 is 1.12 bits per heavy atom. The molecular formula is C19H29N3O4. The predicted molar refractivity (Wildman–Crippen MR) is 95.6 cm³/mol. The van der Waals surface area contributed by atoms with Crippen molar-refractivity contribution in [3.05, 3.63) is 35.9 Å². The molecule has 2 aliphatic rings. The van der Waals surface area contributed by atoms with E-state index in [0.717, 1.165) is 12.6 Å². The molecule has 2 saturated heterocycles. The Morgan fingerprint density at radius 3 is 2.15 bits per heavy atom. The van der Waals surface area contributed by atoms with Crippen LogP contribution in [0.15, 0.2) is 30.3 Å². The number of carboxylic acid groups (broad SMARTS) is 2. The normalized spacial score (nSPS) is 20.2. The molecule has 0 aromatic heterocycles. The molecule has 2 heterocycles. The molecule has 0 saturated carbocycles. The largest absolute Gasteiger partial charge is 0.539 e. The van der Waals surface area contributed by atoms with Crippen molar-refractivity contribution in [2.24, 2.45) is 0 Å². The summed E-state index contributed by atoms with van der Waals surface area (Å²) in [4.78, 5) is 25.1. The number of rotatable bonds is 3. The Kier molecular flexibility index (Phi) is 8.03. The second-order valence-corrected chi connectivity index (χ2v) is 7.08. The van der Waals surface area contributed by atoms with Gasteiger partial charge in [0.25, 0.3) is 0 Å². The van der Waals surface area contributed by atoms with Crippen molar-refractivity contribution < 1.29 is 24.7 Å². The van der Waals surface area contributed by atoms with Crippen LogP contribution < -0.4 is 10.0 Å². The summed E-state index contributed by atoms with van der Waals surface area (Å²) in [6.07, 6.45) is 2.71. The van der Waals surface area contributed by atoms with Crippen LogP contribution in [-0.2, 0) is 16.1 Å². The molecule has 0 amide bonds. The van der Waals surface area contributed by atoms with Crippen molar-refractivity contribution in [3.63, 3.8) is 0 Å². The van der Waals surface area contributed by atoms with Crippen LogP contribution in [0.2, 0.25) is 0 Å². The van der Waals surface area contributed by atoms with E-state index in [4.69, 9.17) is 19.8 Å². The zero-order valence-electron chi connectivity index (χ0n) is 15.4. The van der Waals surface area contributed by atoms with Gasteiger partial charge in [-0.05, 0) is 31.5 Å². The Hall–Kier alpha value is -1.96. The average Bonchev–Trinajstić information content (AvgIpc) is 2.64. The highest BCUT2D eigenvalue weighted by Gasteiger charge is 2.27. The standard InChI is InChI=1S/C17H27N3.C2H2O4/c1-18-11-13-20(14-12-18)17-7-9-19(10-8-17)15-16-5-3-2-4-6-16;3-1(4)2(5)6/h2-6,17H,7-15H2,1H3;(H,3,4)(H,5,6). The first-order chi connectivity index (χ1) is 12.5. The SMILES string of the molecule is C[NH+]1CCN(C2CCN(Cc3ccccc3)CC2)CC1.O=C([O-])C(=O)O. The van der Waals surface area contributed by atoms with E-state index in [1.807, 2.05) is 0 Å². The molecule has 0 atom stereocenters. The molecule has 2 aliphatic heterocycles. The lowest BCUT2D eigenvalue weighted by molar-refractivity contribution is -0.884. The number of aliphatic carboxylic acids is 2. The maximum absolute atomic E-state index is 9.04. The number of benzene rings is 1. The van der Waals surface area contributed by atoms with Crippen LogP contribution in [0.1, 0.15) is 18.4 Å². The van der Waals surface area contributed by atoms with Gasteiger partial charge in [0.1, 0.15) is 0 Å². The molecule has 3 rings (SSSR count). The number of hydrogen-bond donors (Lipinski definition) is 2. The molecule has 1 aromatic rings. The van der Waals surface area contributed by atoms with Crippen LogP contribution in [0.4, 0.5) is 0 Å². The number of hydrogen-bond acceptors (Lipinski definition) is 5. The Balaban J connectivity index is 0.000000352. The number of carbonyl (C=O) groups is 2. The second kappa shape index (κ2) is 10.3. The summed E-state index contributed by atoms with van der Waals surface area (Å²) in [5, 5.41) is 16.3. The van der Waals surface area contributed by atoms with Gasteiger partial charge in [-0.2, -0.15) is 0 Å². The molecule has 144 valence electrons. The lowest BCUT2D eigenvalue weighted by Crippen LogP contribution is -3.12. The van der Waals surface area contributed by atoms with Gasteiger partial charge in [-0.3, -0.25) is 9.80 Å². The smallest absolute Gasteiger partial charge is 0.351 e. The van der Waals surface area contributed by atoms with Crippen molar-refractivity contribution in [2.75, 3.05) is 46.3 Å². The molecule has 0 radical (unpaired) electrons. The molecule has 0 spiro atoms. The van der Waals surface area contributed by atoms with Crippen molar-refractivity contribution in [1.82, 2.24) is 9.80 Å². The first-order valence-corrected chi connectivity index (χ1v) is 9.21. The number of quaternary nitrogens is 1. The Bertz CT molecular complexity index is 553. The molecule has 0 bridgehead atoms. The van der Waals surface area contributed by atoms with E-state index in [1.165, 1.54) is 57.7 Å². The van der Waals surface area contributed by atoms with Gasteiger partial charge in [-0.15, -0.1) is 0 Å². The highest BCUT2D eigenvalue weighted by molar-refractivity contribution is 6.26. The molecular weight excluding hydrogens is 334 g/mol. The van der Waals surface area contributed by atoms with Gasteiger partial charge < -0.3 is 19.9 Å². The first-order valence-electron chi connectivity index (χ1n) is 9.21. The Labute approximate surface area is 154 Å². The molecule has 7 nitrogen and oxygen atoms in total. The first kappa shape index (κ1) is 20.4. The van der Waals surface area contributed by atoms with Gasteiger partial charge in [0.05, 0.1) is 20.1 Å². The van der Waals surface area contributed by atoms with Crippen LogP contribution >= 0.6 is 0 Å². The average molecular weight is 363 g/mol. The molecule has 0 aliphatic carbocycles. The molecule has 2 N–H and O–H groups in total. The summed E-state index contributed by atoms with van der Waals surface area (Å²) in [5.41, 5.74) is 1.45. The summed E-state index contributed by atoms with van der Waals surface area (Å²) in [6, 6.07) is 11.7. The van der Waals surface area contributed by atoms with E-state index in [2.05, 4.69) is 47.2 Å². The van der Waals surface area contributed by atoms with Gasteiger partial charge in [-0.25, -0.2) is 4.79 Å². The minimum atomic E-state index is -2.07. The van der Waals surface area contributed by atoms with Crippen molar-refractivity contribution in [2.45, 2.75) is 25.4 Å². The predicted octanol–water partition coefficient (Wildman–Crippen LogP) is -1.70. The number of piperidine rings is 1. The summed E-state index contributed by atoms with van der Waals surface area (Å²) in [7, 11) is 2.32. The van der Waals surface area contributed by atoms with E-state index < -0.39 is 11.9 Å². The number of likely N-dealkylation sites (tertiary alicyclic amines) is 1. The maximum Gasteiger partial charge on any atom is 0.351 e. The maximum atomic E-state index is 9.04. The van der Waals surface area contributed by atoms with Gasteiger partial charge in [0.2, 0.25) is 0 Å². The highest BCUT2D eigenvalue weighted by atomic mass is 16.4. The summed E-state index contributed by atoms with van der Waals surface area (Å²) in [5.74, 6) is -4.01. The second-order valence-electron chi connectivity index (χ2n) is 7.08. The lowest BCUT2D eigenvalue weighted by Gasteiger charge is -2.40. The van der Waals surface area contributed by atoms with Crippen LogP contribution in [0, 0.1) is 0 Å². The van der Waals surface area contributed by atoms with Crippen molar-refractivity contribution >= 4 is 11.9 Å². The van der Waals surface area contributed by atoms with E-state index in [9.17, 15) is 0 Å². The fraction of sp³-hybridized carbons (Fsp3) is 0.579. The quantitative estimate of drug-likeness (QED) is 0.623. The minimum Gasteiger partial charge on any atom is -0.539 e. The van der Waals surface area contributed by atoms with Gasteiger partial charge in [0, 0.05) is 25.7 Å². The zero-order chi connectivity index (χ0) is 18.9. The van der Waals surface area contributed by atoms with E-state index in [0.29, 0.717) is 0 Å². The van der Waals surface area contributed by atoms with E-state index in [1.54, 1.807) is 4.90 Å². The number of nitrogens with zero attached hydrogens (tertiary/aromatic N) is 2. The van der Waals surface area contributed by atoms with Gasteiger partial charge >= 0.3 is 5.97 Å². The number of piperazine rings is 1. The van der Waals surface area contributed by atoms with Crippen molar-refractivity contribution in [3.8, 4) is 0 Å². The summed E-state index contributed by atoms with van der Waals surface area (Å²) < 4.78 is 0. The molecule has 26 heavy (non-hydrogen) atoms. The zero-order valence-corrected chi connectivity index (χ0v) is 15.4. The number of carbonyl (C=O) groups excluding carboxylic acids is 1. The topological polar surface area (TPSA) is 88.4 Å². The fourth-order valence-corrected chi connectivity index (χ4v) is 3.56. The number of nitrogens with one attached hydrogen (secondary N) is 1. The van der Waals surface area contributed by atoms with Crippen molar-refractivity contribution in [1.29, 1.82) is 0 Å². The fourth-order valence-electron chi connectivity index (χ4n) is 3.56. The van der Waals surface area contributed by atoms with Gasteiger partial charge in [-0.1, -0.05) is 30.3 Å². The van der Waals surface area contributed by atoms with Gasteiger partial charge in [0.15, 0.2) is 5.97 Å². The number of likely N-dealkylation sites (N-methyl/N-ethyl adjacent to an activating group) is 1. The molecule has 0 unspecified atom stereocenters. The molecule has 2 fully saturated rings. The third-order valence-electron chi connectivity index (χ3n) is 5.15. The van der Waals surface area contributed by atoms with Crippen LogP contribution in [-0.4, -0.2) is 79.2 Å². The highest BCUT2D eigenvalue weighted by Crippen LogP contribution is 2.18. The van der Waals surface area contributed by atoms with Crippen LogP contribution in [0.5, 0.6) is 0 Å². The Morgan fingerprint density at radius 2 is 1.65 bits per heavy atom. The summed E-state index contributed by atoms with van der Waals surface area (Å²) >= 11 is 0. The lowest BCUT2D eigenvalue weighted by atomic mass is 10.0. The van der Waals surface area contributed by atoms with Crippen LogP contribution in [0.25, 0.3) is 0 Å². The molecule has 1 aromatic carbocycles. The summed E-state index contributed by atoms with van der Waals surface area (Å²) in [6.45, 7) is 8.90. The van der Waals surface area contributed by atoms with E-state index in [-0.39, 0.29) is 0 Å². The van der Waals surface area contributed by atoms with E-state index >= 15 is 0 Å². The third-order valence-corrected chi connectivity index (χ3v) is 5.15. The minimum absolute atomic E-state index is 0.843.